The van der Waals surface area contributed by atoms with E-state index in [1.165, 1.54) is 4.90 Å². The summed E-state index contributed by atoms with van der Waals surface area (Å²) in [5, 5.41) is 0. The van der Waals surface area contributed by atoms with Crippen molar-refractivity contribution in [2.45, 2.75) is 24.5 Å². The van der Waals surface area contributed by atoms with Gasteiger partial charge in [0.1, 0.15) is 6.10 Å². The highest BCUT2D eigenvalue weighted by molar-refractivity contribution is 6.06. The number of rotatable bonds is 0. The van der Waals surface area contributed by atoms with Crippen molar-refractivity contribution >= 4 is 11.8 Å². The molecule has 0 radical (unpaired) electrons. The van der Waals surface area contributed by atoms with Crippen LogP contribution < -0.4 is 0 Å². The molecule has 4 aliphatic rings. The number of nitrogens with zero attached hydrogens (tertiary/aromatic N) is 1. The van der Waals surface area contributed by atoms with Crippen molar-refractivity contribution in [3.8, 4) is 0 Å². The predicted octanol–water partition coefficient (Wildman–Crippen LogP) is -0.221. The number of carbonyl (C=O) groups is 2. The van der Waals surface area contributed by atoms with Crippen LogP contribution in [0, 0.1) is 17.8 Å². The molecule has 4 fully saturated rings. The number of fused-ring (bicyclic) bond motifs is 3. The van der Waals surface area contributed by atoms with Crippen molar-refractivity contribution in [2.24, 2.45) is 17.8 Å². The summed E-state index contributed by atoms with van der Waals surface area (Å²) in [7, 11) is 1.59. The maximum Gasteiger partial charge on any atom is 0.235 e. The minimum Gasteiger partial charge on any atom is -0.365 e. The van der Waals surface area contributed by atoms with Gasteiger partial charge in [0.15, 0.2) is 0 Å². The van der Waals surface area contributed by atoms with E-state index in [2.05, 4.69) is 0 Å². The van der Waals surface area contributed by atoms with Crippen LogP contribution in [0.15, 0.2) is 0 Å². The molecular weight excluding hydrogens is 182 g/mol. The minimum absolute atomic E-state index is 0.0173. The largest absolute Gasteiger partial charge is 0.365 e. The maximum atomic E-state index is 11.8. The Morgan fingerprint density at radius 2 is 2.07 bits per heavy atom. The number of hydrogen-bond acceptors (Lipinski definition) is 3. The van der Waals surface area contributed by atoms with Gasteiger partial charge in [0.25, 0.3) is 0 Å². The fourth-order valence-electron chi connectivity index (χ4n) is 3.76. The lowest BCUT2D eigenvalue weighted by atomic mass is 9.71. The highest BCUT2D eigenvalue weighted by Crippen LogP contribution is 2.70. The molecule has 2 heterocycles. The van der Waals surface area contributed by atoms with E-state index in [1.54, 1.807) is 7.05 Å². The second-order valence-electron chi connectivity index (χ2n) is 4.93. The molecule has 2 saturated heterocycles. The number of carbonyl (C=O) groups excluding carboxylic acids is 2. The van der Waals surface area contributed by atoms with E-state index in [1.807, 2.05) is 0 Å². The van der Waals surface area contributed by atoms with Crippen LogP contribution >= 0.6 is 0 Å². The van der Waals surface area contributed by atoms with Gasteiger partial charge in [-0.1, -0.05) is 0 Å². The molecule has 4 nitrogen and oxygen atoms in total. The van der Waals surface area contributed by atoms with Crippen LogP contribution in [0.2, 0.25) is 0 Å². The Labute approximate surface area is 81.2 Å². The van der Waals surface area contributed by atoms with Gasteiger partial charge in [-0.15, -0.1) is 0 Å². The third-order valence-electron chi connectivity index (χ3n) is 4.62. The van der Waals surface area contributed by atoms with Crippen molar-refractivity contribution in [3.05, 3.63) is 0 Å². The number of epoxide rings is 1. The van der Waals surface area contributed by atoms with Crippen molar-refractivity contribution in [2.75, 3.05) is 7.05 Å². The Bertz CT molecular complexity index is 364. The van der Waals surface area contributed by atoms with E-state index >= 15 is 0 Å². The summed E-state index contributed by atoms with van der Waals surface area (Å²) in [6.45, 7) is 0. The van der Waals surface area contributed by atoms with Gasteiger partial charge in [-0.05, 0) is 12.8 Å². The summed E-state index contributed by atoms with van der Waals surface area (Å²) in [5.41, 5.74) is -0.0259. The highest BCUT2D eigenvalue weighted by Gasteiger charge is 2.81. The van der Waals surface area contributed by atoms with Gasteiger partial charge in [0.05, 0.1) is 17.4 Å². The zero-order valence-corrected chi connectivity index (χ0v) is 7.90. The molecule has 0 aromatic heterocycles. The summed E-state index contributed by atoms with van der Waals surface area (Å²) in [5.74, 6) is 0.176. The first-order valence-corrected chi connectivity index (χ1v) is 5.16. The molecule has 0 N–H and O–H groups in total. The zero-order chi connectivity index (χ0) is 9.66. The lowest BCUT2D eigenvalue weighted by Crippen LogP contribution is -2.41. The molecule has 74 valence electrons. The van der Waals surface area contributed by atoms with Gasteiger partial charge in [-0.3, -0.25) is 14.5 Å². The highest BCUT2D eigenvalue weighted by atomic mass is 16.6. The van der Waals surface area contributed by atoms with Crippen molar-refractivity contribution in [3.63, 3.8) is 0 Å². The lowest BCUT2D eigenvalue weighted by Gasteiger charge is -2.34. The quantitative estimate of drug-likeness (QED) is 0.394. The van der Waals surface area contributed by atoms with Crippen LogP contribution in [-0.2, 0) is 14.3 Å². The standard InChI is InChI=1S/C10H11NO3/c1-11-8(12)5-4-2-3-10(4)7(14-10)6(5)9(11)13/h4-7H,2-3H2,1H3. The van der Waals surface area contributed by atoms with E-state index < -0.39 is 0 Å². The Hall–Kier alpha value is -0.900. The van der Waals surface area contributed by atoms with Crippen LogP contribution in [0.4, 0.5) is 0 Å². The molecule has 5 atom stereocenters. The number of imide groups is 1. The molecule has 4 rings (SSSR count). The Morgan fingerprint density at radius 1 is 1.36 bits per heavy atom. The summed E-state index contributed by atoms with van der Waals surface area (Å²) >= 11 is 0. The topological polar surface area (TPSA) is 49.9 Å². The summed E-state index contributed by atoms with van der Waals surface area (Å²) in [4.78, 5) is 24.9. The minimum atomic E-state index is -0.139. The first-order chi connectivity index (χ1) is 6.67. The van der Waals surface area contributed by atoms with Gasteiger partial charge in [-0.25, -0.2) is 0 Å². The third kappa shape index (κ3) is 0.489. The van der Waals surface area contributed by atoms with E-state index in [0.717, 1.165) is 12.8 Å². The number of likely N-dealkylation sites (tertiary alicyclic amines) is 1. The fraction of sp³-hybridized carbons (Fsp3) is 0.800. The van der Waals surface area contributed by atoms with Crippen molar-refractivity contribution < 1.29 is 14.3 Å². The Balaban J connectivity index is 1.83. The molecule has 14 heavy (non-hydrogen) atoms. The molecule has 2 amide bonds. The molecule has 2 aliphatic heterocycles. The molecule has 2 aliphatic carbocycles. The molecule has 2 saturated carbocycles. The van der Waals surface area contributed by atoms with Gasteiger partial charge in [0.2, 0.25) is 11.8 Å². The summed E-state index contributed by atoms with van der Waals surface area (Å²) in [6, 6.07) is 0. The third-order valence-corrected chi connectivity index (χ3v) is 4.62. The molecule has 5 unspecified atom stereocenters. The first kappa shape index (κ1) is 7.40. The monoisotopic (exact) mass is 193 g/mol. The van der Waals surface area contributed by atoms with Gasteiger partial charge >= 0.3 is 0 Å². The van der Waals surface area contributed by atoms with E-state index in [9.17, 15) is 9.59 Å². The Morgan fingerprint density at radius 3 is 2.71 bits per heavy atom. The summed E-state index contributed by atoms with van der Waals surface area (Å²) in [6.07, 6.45) is 2.19. The van der Waals surface area contributed by atoms with Crippen LogP contribution in [0.25, 0.3) is 0 Å². The van der Waals surface area contributed by atoms with Crippen LogP contribution in [0.1, 0.15) is 12.8 Å². The van der Waals surface area contributed by atoms with Crippen LogP contribution in [0.3, 0.4) is 0 Å². The summed E-state index contributed by atoms with van der Waals surface area (Å²) < 4.78 is 5.62. The second kappa shape index (κ2) is 1.76. The average Bonchev–Trinajstić information content (AvgIpc) is 2.81. The van der Waals surface area contributed by atoms with Gasteiger partial charge < -0.3 is 4.74 Å². The molecule has 1 spiro atoms. The van der Waals surface area contributed by atoms with Crippen LogP contribution in [0.5, 0.6) is 0 Å². The number of hydrogen-bond donors (Lipinski definition) is 0. The average molecular weight is 193 g/mol. The number of ether oxygens (including phenoxy) is 1. The zero-order valence-electron chi connectivity index (χ0n) is 7.90. The SMILES string of the molecule is CN1C(=O)C2C(C1=O)C1OC13CCC23. The molecular formula is C10H11NO3. The molecule has 4 heteroatoms. The lowest BCUT2D eigenvalue weighted by molar-refractivity contribution is -0.139. The number of amides is 2. The first-order valence-electron chi connectivity index (χ1n) is 5.16. The molecule has 0 aromatic carbocycles. The van der Waals surface area contributed by atoms with E-state index in [-0.39, 0.29) is 35.4 Å². The second-order valence-corrected chi connectivity index (χ2v) is 4.93. The predicted molar refractivity (Wildman–Crippen MR) is 45.1 cm³/mol. The molecule has 0 aromatic rings. The normalized spacial score (nSPS) is 57.9. The van der Waals surface area contributed by atoms with Gasteiger partial charge in [0, 0.05) is 13.0 Å². The van der Waals surface area contributed by atoms with E-state index in [4.69, 9.17) is 4.74 Å². The molecule has 0 bridgehead atoms. The van der Waals surface area contributed by atoms with E-state index in [0.29, 0.717) is 5.92 Å². The van der Waals surface area contributed by atoms with Crippen molar-refractivity contribution in [1.29, 1.82) is 0 Å². The fourth-order valence-corrected chi connectivity index (χ4v) is 3.76. The van der Waals surface area contributed by atoms with Crippen LogP contribution in [-0.4, -0.2) is 35.5 Å². The Kier molecular flexibility index (Phi) is 0.930. The van der Waals surface area contributed by atoms with Gasteiger partial charge in [-0.2, -0.15) is 0 Å². The smallest absolute Gasteiger partial charge is 0.235 e. The maximum absolute atomic E-state index is 11.8. The van der Waals surface area contributed by atoms with Crippen molar-refractivity contribution in [1.82, 2.24) is 4.90 Å².